The Kier molecular flexibility index (Phi) is 3.89. The second kappa shape index (κ2) is 4.75. The van der Waals surface area contributed by atoms with Gasteiger partial charge < -0.3 is 15.7 Å². The summed E-state index contributed by atoms with van der Waals surface area (Å²) in [5.41, 5.74) is -0.822. The molecule has 0 radical (unpaired) electrons. The average Bonchev–Trinajstić information content (AvgIpc) is 2.14. The van der Waals surface area contributed by atoms with Gasteiger partial charge in [-0.1, -0.05) is 0 Å². The van der Waals surface area contributed by atoms with E-state index < -0.39 is 5.60 Å². The molecule has 0 saturated carbocycles. The van der Waals surface area contributed by atoms with Gasteiger partial charge in [0.1, 0.15) is 0 Å². The van der Waals surface area contributed by atoms with Crippen molar-refractivity contribution in [2.24, 2.45) is 5.92 Å². The Labute approximate surface area is 85.1 Å². The molecule has 1 rings (SSSR count). The van der Waals surface area contributed by atoms with Crippen LogP contribution in [-0.2, 0) is 4.79 Å². The molecule has 1 saturated heterocycles. The maximum Gasteiger partial charge on any atom is 0.224 e. The summed E-state index contributed by atoms with van der Waals surface area (Å²) in [7, 11) is 0. The van der Waals surface area contributed by atoms with Crippen molar-refractivity contribution in [1.29, 1.82) is 0 Å². The summed E-state index contributed by atoms with van der Waals surface area (Å²) in [6, 6.07) is 0. The Morgan fingerprint density at radius 1 is 1.64 bits per heavy atom. The highest BCUT2D eigenvalue weighted by Gasteiger charge is 2.22. The van der Waals surface area contributed by atoms with Gasteiger partial charge in [-0.25, -0.2) is 0 Å². The van der Waals surface area contributed by atoms with Crippen LogP contribution in [0.5, 0.6) is 0 Å². The molecule has 0 aromatic rings. The number of carbonyl (C=O) groups excluding carboxylic acids is 1. The number of carbonyl (C=O) groups is 1. The molecular weight excluding hydrogens is 180 g/mol. The molecule has 4 heteroatoms. The molecule has 1 aliphatic rings. The second-order valence-electron chi connectivity index (χ2n) is 4.57. The third kappa shape index (κ3) is 4.07. The third-order valence-electron chi connectivity index (χ3n) is 2.36. The van der Waals surface area contributed by atoms with Gasteiger partial charge in [-0.2, -0.15) is 0 Å². The van der Waals surface area contributed by atoms with Crippen molar-refractivity contribution < 1.29 is 9.90 Å². The Hall–Kier alpha value is -0.610. The second-order valence-corrected chi connectivity index (χ2v) is 4.57. The van der Waals surface area contributed by atoms with Crippen LogP contribution in [0.4, 0.5) is 0 Å². The first-order valence-electron chi connectivity index (χ1n) is 5.20. The normalized spacial score (nSPS) is 23.2. The summed E-state index contributed by atoms with van der Waals surface area (Å²) in [4.78, 5) is 11.6. The van der Waals surface area contributed by atoms with Gasteiger partial charge in [-0.05, 0) is 33.2 Å². The number of nitrogens with one attached hydrogen (secondary N) is 2. The van der Waals surface area contributed by atoms with E-state index in [1.807, 2.05) is 0 Å². The molecule has 82 valence electrons. The molecule has 1 fully saturated rings. The third-order valence-corrected chi connectivity index (χ3v) is 2.36. The van der Waals surface area contributed by atoms with Crippen molar-refractivity contribution in [3.8, 4) is 0 Å². The largest absolute Gasteiger partial charge is 0.389 e. The van der Waals surface area contributed by atoms with Gasteiger partial charge in [0.15, 0.2) is 0 Å². The molecule has 0 spiro atoms. The SMILES string of the molecule is CC(C)(O)CNC(=O)C1CCCNC1. The molecule has 0 bridgehead atoms. The van der Waals surface area contributed by atoms with Gasteiger partial charge in [0.25, 0.3) is 0 Å². The van der Waals surface area contributed by atoms with Crippen molar-refractivity contribution in [2.75, 3.05) is 19.6 Å². The molecule has 0 aromatic carbocycles. The first-order valence-corrected chi connectivity index (χ1v) is 5.20. The molecule has 0 aromatic heterocycles. The lowest BCUT2D eigenvalue weighted by Crippen LogP contribution is -2.45. The summed E-state index contributed by atoms with van der Waals surface area (Å²) >= 11 is 0. The van der Waals surface area contributed by atoms with Crippen LogP contribution >= 0.6 is 0 Å². The van der Waals surface area contributed by atoms with E-state index in [0.717, 1.165) is 25.9 Å². The minimum atomic E-state index is -0.822. The fourth-order valence-corrected chi connectivity index (χ4v) is 1.52. The van der Waals surface area contributed by atoms with Crippen LogP contribution < -0.4 is 10.6 Å². The van der Waals surface area contributed by atoms with Crippen LogP contribution in [0.2, 0.25) is 0 Å². The molecule has 1 aliphatic heterocycles. The molecule has 14 heavy (non-hydrogen) atoms. The smallest absolute Gasteiger partial charge is 0.224 e. The van der Waals surface area contributed by atoms with Gasteiger partial charge in [0.2, 0.25) is 5.91 Å². The number of rotatable bonds is 3. The van der Waals surface area contributed by atoms with Crippen LogP contribution in [0.1, 0.15) is 26.7 Å². The average molecular weight is 200 g/mol. The van der Waals surface area contributed by atoms with Gasteiger partial charge in [-0.3, -0.25) is 4.79 Å². The summed E-state index contributed by atoms with van der Waals surface area (Å²) in [5, 5.41) is 15.4. The number of hydrogen-bond acceptors (Lipinski definition) is 3. The van der Waals surface area contributed by atoms with E-state index in [-0.39, 0.29) is 11.8 Å². The minimum absolute atomic E-state index is 0.0549. The predicted octanol–water partition coefficient (Wildman–Crippen LogP) is -0.127. The minimum Gasteiger partial charge on any atom is -0.389 e. The number of piperidine rings is 1. The first-order chi connectivity index (χ1) is 6.49. The van der Waals surface area contributed by atoms with Crippen molar-refractivity contribution in [1.82, 2.24) is 10.6 Å². The maximum absolute atomic E-state index is 11.6. The van der Waals surface area contributed by atoms with Crippen LogP contribution in [0.15, 0.2) is 0 Å². The summed E-state index contributed by atoms with van der Waals surface area (Å²) in [5.74, 6) is 0.130. The number of hydrogen-bond donors (Lipinski definition) is 3. The molecular formula is C10H20N2O2. The molecule has 3 N–H and O–H groups in total. The molecule has 4 nitrogen and oxygen atoms in total. The monoisotopic (exact) mass is 200 g/mol. The van der Waals surface area contributed by atoms with Gasteiger partial charge in [0.05, 0.1) is 11.5 Å². The van der Waals surface area contributed by atoms with Gasteiger partial charge in [-0.15, -0.1) is 0 Å². The van der Waals surface area contributed by atoms with Gasteiger partial charge >= 0.3 is 0 Å². The summed E-state index contributed by atoms with van der Waals surface area (Å²) in [6.07, 6.45) is 2.01. The zero-order valence-electron chi connectivity index (χ0n) is 8.97. The lowest BCUT2D eigenvalue weighted by Gasteiger charge is -2.24. The Bertz CT molecular complexity index is 193. The lowest BCUT2D eigenvalue weighted by atomic mass is 9.98. The molecule has 1 atom stereocenters. The Balaban J connectivity index is 2.27. The zero-order valence-corrected chi connectivity index (χ0v) is 8.97. The number of aliphatic hydroxyl groups is 1. The quantitative estimate of drug-likeness (QED) is 0.595. The van der Waals surface area contributed by atoms with E-state index in [1.165, 1.54) is 0 Å². The molecule has 1 amide bonds. The van der Waals surface area contributed by atoms with Crippen LogP contribution in [0.25, 0.3) is 0 Å². The zero-order chi connectivity index (χ0) is 10.6. The van der Waals surface area contributed by atoms with E-state index in [0.29, 0.717) is 6.54 Å². The predicted molar refractivity (Wildman–Crippen MR) is 54.9 cm³/mol. The van der Waals surface area contributed by atoms with E-state index in [4.69, 9.17) is 0 Å². The standard InChI is InChI=1S/C10H20N2O2/c1-10(2,14)7-12-9(13)8-4-3-5-11-6-8/h8,11,14H,3-7H2,1-2H3,(H,12,13). The van der Waals surface area contributed by atoms with E-state index in [1.54, 1.807) is 13.8 Å². The summed E-state index contributed by atoms with van der Waals surface area (Å²) < 4.78 is 0. The fraction of sp³-hybridized carbons (Fsp3) is 0.900. The maximum atomic E-state index is 11.6. The fourth-order valence-electron chi connectivity index (χ4n) is 1.52. The lowest BCUT2D eigenvalue weighted by molar-refractivity contribution is -0.126. The molecule has 1 unspecified atom stereocenters. The van der Waals surface area contributed by atoms with E-state index in [2.05, 4.69) is 10.6 Å². The Morgan fingerprint density at radius 2 is 2.36 bits per heavy atom. The highest BCUT2D eigenvalue weighted by atomic mass is 16.3. The topological polar surface area (TPSA) is 61.4 Å². The van der Waals surface area contributed by atoms with Crippen molar-refractivity contribution >= 4 is 5.91 Å². The Morgan fingerprint density at radius 3 is 2.86 bits per heavy atom. The van der Waals surface area contributed by atoms with Crippen LogP contribution in [0.3, 0.4) is 0 Å². The van der Waals surface area contributed by atoms with Crippen molar-refractivity contribution in [3.05, 3.63) is 0 Å². The molecule has 0 aliphatic carbocycles. The molecule has 1 heterocycles. The van der Waals surface area contributed by atoms with E-state index in [9.17, 15) is 9.90 Å². The van der Waals surface area contributed by atoms with Crippen molar-refractivity contribution in [3.63, 3.8) is 0 Å². The summed E-state index contributed by atoms with van der Waals surface area (Å²) in [6.45, 7) is 5.47. The number of amides is 1. The first kappa shape index (κ1) is 11.5. The van der Waals surface area contributed by atoms with E-state index >= 15 is 0 Å². The van der Waals surface area contributed by atoms with Crippen LogP contribution in [0, 0.1) is 5.92 Å². The highest BCUT2D eigenvalue weighted by molar-refractivity contribution is 5.79. The van der Waals surface area contributed by atoms with Gasteiger partial charge in [0, 0.05) is 13.1 Å². The highest BCUT2D eigenvalue weighted by Crippen LogP contribution is 2.10. The van der Waals surface area contributed by atoms with Crippen LogP contribution in [-0.4, -0.2) is 36.2 Å². The van der Waals surface area contributed by atoms with Crippen molar-refractivity contribution in [2.45, 2.75) is 32.3 Å².